The Morgan fingerprint density at radius 3 is 2.27 bits per heavy atom. The van der Waals surface area contributed by atoms with Gasteiger partial charge in [0.2, 0.25) is 0 Å². The molecule has 0 aromatic carbocycles. The van der Waals surface area contributed by atoms with Gasteiger partial charge < -0.3 is 10.6 Å². The first kappa shape index (κ1) is 16.8. The van der Waals surface area contributed by atoms with Crippen molar-refractivity contribution in [1.29, 1.82) is 5.26 Å². The Morgan fingerprint density at radius 1 is 1.23 bits per heavy atom. The average Bonchev–Trinajstić information content (AvgIpc) is 2.48. The molecule has 0 bridgehead atoms. The van der Waals surface area contributed by atoms with Crippen LogP contribution in [0, 0.1) is 18.3 Å². The van der Waals surface area contributed by atoms with E-state index in [0.717, 1.165) is 37.2 Å². The lowest BCUT2D eigenvalue weighted by atomic mass is 9.82. The van der Waals surface area contributed by atoms with Crippen LogP contribution >= 0.6 is 0 Å². The first-order chi connectivity index (χ1) is 10.4. The number of nitriles is 1. The molecule has 1 aliphatic rings. The maximum Gasteiger partial charge on any atom is 0.141 e. The van der Waals surface area contributed by atoms with Gasteiger partial charge in [0.1, 0.15) is 11.9 Å². The van der Waals surface area contributed by atoms with Gasteiger partial charge >= 0.3 is 0 Å². The second kappa shape index (κ2) is 6.66. The fraction of sp³-hybridized carbons (Fsp3) is 0.667. The summed E-state index contributed by atoms with van der Waals surface area (Å²) in [6.07, 6.45) is 2.18. The smallest absolute Gasteiger partial charge is 0.141 e. The minimum absolute atomic E-state index is 0.324. The monoisotopic (exact) mass is 300 g/mol. The van der Waals surface area contributed by atoms with Crippen LogP contribution in [0.3, 0.4) is 0 Å². The summed E-state index contributed by atoms with van der Waals surface area (Å²) >= 11 is 0. The largest absolute Gasteiger partial charge is 0.383 e. The predicted octanol–water partition coefficient (Wildman–Crippen LogP) is 3.56. The summed E-state index contributed by atoms with van der Waals surface area (Å²) in [4.78, 5) is 6.99. The Balaban J connectivity index is 2.40. The van der Waals surface area contributed by atoms with Crippen LogP contribution in [-0.4, -0.2) is 29.0 Å². The SMILES string of the molecule is Cc1c(C(C)C)nc(N)c(C#N)c1C1CCN(C(C)C)CC1. The molecule has 4 heteroatoms. The Labute approximate surface area is 134 Å². The second-order valence-electron chi connectivity index (χ2n) is 6.97. The molecule has 4 nitrogen and oxygen atoms in total. The van der Waals surface area contributed by atoms with Crippen molar-refractivity contribution >= 4 is 5.82 Å². The maximum absolute atomic E-state index is 9.54. The molecule has 0 aliphatic carbocycles. The van der Waals surface area contributed by atoms with Gasteiger partial charge in [0.25, 0.3) is 0 Å². The fourth-order valence-corrected chi connectivity index (χ4v) is 3.63. The van der Waals surface area contributed by atoms with Crippen molar-refractivity contribution in [2.24, 2.45) is 0 Å². The van der Waals surface area contributed by atoms with Crippen LogP contribution in [-0.2, 0) is 0 Å². The molecule has 22 heavy (non-hydrogen) atoms. The van der Waals surface area contributed by atoms with Gasteiger partial charge in [0.05, 0.1) is 5.56 Å². The van der Waals surface area contributed by atoms with Crippen LogP contribution in [0.15, 0.2) is 0 Å². The molecule has 0 unspecified atom stereocenters. The van der Waals surface area contributed by atoms with Crippen molar-refractivity contribution in [3.05, 3.63) is 22.4 Å². The number of nitrogens with zero attached hydrogens (tertiary/aromatic N) is 3. The van der Waals surface area contributed by atoms with Gasteiger partial charge in [0.15, 0.2) is 0 Å². The van der Waals surface area contributed by atoms with Crippen LogP contribution in [0.25, 0.3) is 0 Å². The number of nitrogens with two attached hydrogens (primary N) is 1. The molecule has 0 spiro atoms. The molecular formula is C18H28N4. The van der Waals surface area contributed by atoms with E-state index in [2.05, 4.69) is 50.6 Å². The van der Waals surface area contributed by atoms with E-state index in [0.29, 0.717) is 29.3 Å². The molecule has 0 saturated carbocycles. The number of rotatable bonds is 3. The molecule has 0 amide bonds. The Kier molecular flexibility index (Phi) is 5.08. The topological polar surface area (TPSA) is 65.9 Å². The zero-order valence-corrected chi connectivity index (χ0v) is 14.5. The summed E-state index contributed by atoms with van der Waals surface area (Å²) in [6, 6.07) is 2.89. The van der Waals surface area contributed by atoms with E-state index < -0.39 is 0 Å². The first-order valence-electron chi connectivity index (χ1n) is 8.30. The van der Waals surface area contributed by atoms with Crippen molar-refractivity contribution in [1.82, 2.24) is 9.88 Å². The molecule has 1 aromatic heterocycles. The Bertz CT molecular complexity index is 576. The second-order valence-corrected chi connectivity index (χ2v) is 6.97. The quantitative estimate of drug-likeness (QED) is 0.927. The first-order valence-corrected chi connectivity index (χ1v) is 8.30. The van der Waals surface area contributed by atoms with Crippen LogP contribution in [0.1, 0.15) is 74.8 Å². The van der Waals surface area contributed by atoms with Gasteiger partial charge in [-0.05, 0) is 69.7 Å². The summed E-state index contributed by atoms with van der Waals surface area (Å²) in [6.45, 7) is 13.0. The zero-order valence-electron chi connectivity index (χ0n) is 14.5. The van der Waals surface area contributed by atoms with Crippen molar-refractivity contribution in [2.75, 3.05) is 18.8 Å². The molecule has 0 atom stereocenters. The number of pyridine rings is 1. The highest BCUT2D eigenvalue weighted by molar-refractivity contribution is 5.58. The zero-order chi connectivity index (χ0) is 16.4. The molecule has 0 radical (unpaired) electrons. The van der Waals surface area contributed by atoms with Crippen molar-refractivity contribution in [3.63, 3.8) is 0 Å². The number of anilines is 1. The van der Waals surface area contributed by atoms with Crippen molar-refractivity contribution < 1.29 is 0 Å². The summed E-state index contributed by atoms with van der Waals surface area (Å²) in [5.74, 6) is 1.15. The summed E-state index contributed by atoms with van der Waals surface area (Å²) in [5.41, 5.74) is 10.0. The standard InChI is InChI=1S/C18H28N4/c1-11(2)17-13(5)16(15(10-19)18(20)21-17)14-6-8-22(9-7-14)12(3)4/h11-12,14H,6-9H2,1-5H3,(H2,20,21). The third kappa shape index (κ3) is 3.10. The molecule has 120 valence electrons. The highest BCUT2D eigenvalue weighted by Crippen LogP contribution is 2.37. The lowest BCUT2D eigenvalue weighted by Crippen LogP contribution is -2.38. The van der Waals surface area contributed by atoms with Gasteiger partial charge in [-0.2, -0.15) is 5.26 Å². The fourth-order valence-electron chi connectivity index (χ4n) is 3.63. The normalized spacial score (nSPS) is 17.2. The molecular weight excluding hydrogens is 272 g/mol. The highest BCUT2D eigenvalue weighted by atomic mass is 15.1. The van der Waals surface area contributed by atoms with Crippen molar-refractivity contribution in [2.45, 2.75) is 65.3 Å². The van der Waals surface area contributed by atoms with Gasteiger partial charge in [-0.15, -0.1) is 0 Å². The number of likely N-dealkylation sites (tertiary alicyclic amines) is 1. The minimum atomic E-state index is 0.324. The molecule has 1 aliphatic heterocycles. The van der Waals surface area contributed by atoms with Gasteiger partial charge in [0, 0.05) is 11.7 Å². The molecule has 1 saturated heterocycles. The Morgan fingerprint density at radius 2 is 1.82 bits per heavy atom. The summed E-state index contributed by atoms with van der Waals surface area (Å²) in [7, 11) is 0. The highest BCUT2D eigenvalue weighted by Gasteiger charge is 2.28. The van der Waals surface area contributed by atoms with E-state index in [-0.39, 0.29) is 0 Å². The summed E-state index contributed by atoms with van der Waals surface area (Å²) < 4.78 is 0. The lowest BCUT2D eigenvalue weighted by molar-refractivity contribution is 0.171. The predicted molar refractivity (Wildman–Crippen MR) is 90.9 cm³/mol. The van der Waals surface area contributed by atoms with Gasteiger partial charge in [-0.25, -0.2) is 4.98 Å². The number of hydrogen-bond donors (Lipinski definition) is 1. The van der Waals surface area contributed by atoms with Gasteiger partial charge in [-0.3, -0.25) is 0 Å². The van der Waals surface area contributed by atoms with E-state index >= 15 is 0 Å². The molecule has 1 aromatic rings. The van der Waals surface area contributed by atoms with Crippen LogP contribution in [0.2, 0.25) is 0 Å². The lowest BCUT2D eigenvalue weighted by Gasteiger charge is -2.36. The number of piperidine rings is 1. The van der Waals surface area contributed by atoms with Crippen LogP contribution < -0.4 is 5.73 Å². The van der Waals surface area contributed by atoms with E-state index in [9.17, 15) is 5.26 Å². The minimum Gasteiger partial charge on any atom is -0.383 e. The van der Waals surface area contributed by atoms with Crippen LogP contribution in [0.5, 0.6) is 0 Å². The molecule has 2 N–H and O–H groups in total. The van der Waals surface area contributed by atoms with E-state index in [1.807, 2.05) is 0 Å². The molecule has 1 fully saturated rings. The summed E-state index contributed by atoms with van der Waals surface area (Å²) in [5, 5.41) is 9.54. The third-order valence-corrected chi connectivity index (χ3v) is 4.88. The maximum atomic E-state index is 9.54. The van der Waals surface area contributed by atoms with E-state index in [1.165, 1.54) is 5.56 Å². The van der Waals surface area contributed by atoms with E-state index in [1.54, 1.807) is 0 Å². The average molecular weight is 300 g/mol. The number of aromatic nitrogens is 1. The molecule has 2 heterocycles. The number of nitrogen functional groups attached to an aromatic ring is 1. The van der Waals surface area contributed by atoms with Crippen molar-refractivity contribution in [3.8, 4) is 6.07 Å². The Hall–Kier alpha value is -1.60. The number of hydrogen-bond acceptors (Lipinski definition) is 4. The van der Waals surface area contributed by atoms with Crippen LogP contribution in [0.4, 0.5) is 5.82 Å². The third-order valence-electron chi connectivity index (χ3n) is 4.88. The molecule has 2 rings (SSSR count). The van der Waals surface area contributed by atoms with E-state index in [4.69, 9.17) is 5.73 Å². The van der Waals surface area contributed by atoms with Gasteiger partial charge in [-0.1, -0.05) is 13.8 Å².